The van der Waals surface area contributed by atoms with Crippen molar-refractivity contribution in [3.8, 4) is 11.1 Å². The number of nitrogens with one attached hydrogen (secondary N) is 1. The molecule has 2 heterocycles. The normalized spacial score (nSPS) is 10.1. The summed E-state index contributed by atoms with van der Waals surface area (Å²) in [5, 5.41) is 6.63. The van der Waals surface area contributed by atoms with Gasteiger partial charge in [0.05, 0.1) is 6.20 Å². The van der Waals surface area contributed by atoms with Crippen molar-refractivity contribution in [1.82, 2.24) is 15.2 Å². The lowest BCUT2D eigenvalue weighted by molar-refractivity contribution is 1.02. The second-order valence-electron chi connectivity index (χ2n) is 3.08. The van der Waals surface area contributed by atoms with E-state index in [2.05, 4.69) is 21.2 Å². The molecule has 0 amide bonds. The van der Waals surface area contributed by atoms with E-state index in [9.17, 15) is 0 Å². The number of hydrogen-bond acceptors (Lipinski definition) is 3. The third-order valence-corrected chi connectivity index (χ3v) is 2.08. The van der Waals surface area contributed by atoms with Gasteiger partial charge in [0.25, 0.3) is 0 Å². The van der Waals surface area contributed by atoms with E-state index in [0.717, 1.165) is 16.7 Å². The first-order valence-electron chi connectivity index (χ1n) is 4.22. The molecule has 0 aliphatic carbocycles. The summed E-state index contributed by atoms with van der Waals surface area (Å²) in [4.78, 5) is 4.12. The highest BCUT2D eigenvalue weighted by Gasteiger charge is 1.97. The standard InChI is InChI=1S/C10H9N3S/c1-7-2-8(5-11-4-7)9-3-10(14)13-12-6-9/h2-6H,1H3,(H,13,14). The molecule has 2 rings (SSSR count). The van der Waals surface area contributed by atoms with E-state index in [4.69, 9.17) is 12.2 Å². The minimum atomic E-state index is 0.629. The Balaban J connectivity index is 2.55. The van der Waals surface area contributed by atoms with Crippen molar-refractivity contribution >= 4 is 12.2 Å². The number of H-pyrrole nitrogens is 1. The van der Waals surface area contributed by atoms with E-state index >= 15 is 0 Å². The van der Waals surface area contributed by atoms with Crippen molar-refractivity contribution in [2.75, 3.05) is 0 Å². The van der Waals surface area contributed by atoms with Crippen LogP contribution in [0.4, 0.5) is 0 Å². The van der Waals surface area contributed by atoms with Crippen LogP contribution in [0.25, 0.3) is 11.1 Å². The fourth-order valence-corrected chi connectivity index (χ4v) is 1.43. The molecular weight excluding hydrogens is 194 g/mol. The molecule has 70 valence electrons. The zero-order valence-corrected chi connectivity index (χ0v) is 8.51. The number of aromatic amines is 1. The van der Waals surface area contributed by atoms with Crippen LogP contribution in [-0.2, 0) is 0 Å². The molecule has 0 saturated carbocycles. The maximum absolute atomic E-state index is 4.99. The lowest BCUT2D eigenvalue weighted by Gasteiger charge is -2.00. The Morgan fingerprint density at radius 2 is 1.93 bits per heavy atom. The minimum absolute atomic E-state index is 0.629. The molecule has 0 radical (unpaired) electrons. The summed E-state index contributed by atoms with van der Waals surface area (Å²) in [5.41, 5.74) is 3.16. The van der Waals surface area contributed by atoms with Crippen LogP contribution in [0.15, 0.2) is 30.7 Å². The van der Waals surface area contributed by atoms with Gasteiger partial charge in [-0.25, -0.2) is 0 Å². The molecule has 3 nitrogen and oxygen atoms in total. The zero-order valence-electron chi connectivity index (χ0n) is 7.69. The lowest BCUT2D eigenvalue weighted by atomic mass is 10.1. The van der Waals surface area contributed by atoms with Gasteiger partial charge in [-0.15, -0.1) is 0 Å². The van der Waals surface area contributed by atoms with Crippen molar-refractivity contribution in [2.24, 2.45) is 0 Å². The first-order valence-corrected chi connectivity index (χ1v) is 4.63. The fraction of sp³-hybridized carbons (Fsp3) is 0.100. The van der Waals surface area contributed by atoms with Gasteiger partial charge in [0, 0.05) is 23.5 Å². The maximum Gasteiger partial charge on any atom is 0.120 e. The Labute approximate surface area is 86.8 Å². The highest BCUT2D eigenvalue weighted by Crippen LogP contribution is 2.17. The average molecular weight is 203 g/mol. The zero-order chi connectivity index (χ0) is 9.97. The van der Waals surface area contributed by atoms with Crippen molar-refractivity contribution in [2.45, 2.75) is 6.92 Å². The average Bonchev–Trinajstić information content (AvgIpc) is 2.18. The summed E-state index contributed by atoms with van der Waals surface area (Å²) in [5.74, 6) is 0. The number of nitrogens with zero attached hydrogens (tertiary/aromatic N) is 2. The van der Waals surface area contributed by atoms with E-state index < -0.39 is 0 Å². The molecule has 0 bridgehead atoms. The molecule has 0 saturated heterocycles. The summed E-state index contributed by atoms with van der Waals surface area (Å²) in [7, 11) is 0. The minimum Gasteiger partial charge on any atom is -0.268 e. The van der Waals surface area contributed by atoms with Gasteiger partial charge in [-0.2, -0.15) is 5.10 Å². The van der Waals surface area contributed by atoms with Crippen molar-refractivity contribution in [3.05, 3.63) is 40.9 Å². The van der Waals surface area contributed by atoms with E-state index in [1.807, 2.05) is 19.2 Å². The van der Waals surface area contributed by atoms with E-state index in [0.29, 0.717) is 4.64 Å². The number of aryl methyl sites for hydroxylation is 1. The molecule has 0 aliphatic rings. The topological polar surface area (TPSA) is 41.6 Å². The quantitative estimate of drug-likeness (QED) is 0.724. The summed E-state index contributed by atoms with van der Waals surface area (Å²) in [6, 6.07) is 3.93. The molecule has 4 heteroatoms. The Bertz CT molecular complexity index is 504. The number of rotatable bonds is 1. The van der Waals surface area contributed by atoms with Crippen LogP contribution in [-0.4, -0.2) is 15.2 Å². The van der Waals surface area contributed by atoms with Crippen LogP contribution in [0.5, 0.6) is 0 Å². The molecule has 2 aromatic heterocycles. The van der Waals surface area contributed by atoms with Crippen LogP contribution in [0.1, 0.15) is 5.56 Å². The molecule has 0 aromatic carbocycles. The summed E-state index contributed by atoms with van der Waals surface area (Å²) in [6.45, 7) is 2.01. The molecule has 1 N–H and O–H groups in total. The molecular formula is C10H9N3S. The first-order chi connectivity index (χ1) is 6.75. The fourth-order valence-electron chi connectivity index (χ4n) is 1.25. The lowest BCUT2D eigenvalue weighted by Crippen LogP contribution is -1.86. The summed E-state index contributed by atoms with van der Waals surface area (Å²) >= 11 is 4.99. The predicted octanol–water partition coefficient (Wildman–Crippen LogP) is 2.51. The molecule has 2 aromatic rings. The van der Waals surface area contributed by atoms with Gasteiger partial charge in [0.2, 0.25) is 0 Å². The van der Waals surface area contributed by atoms with Gasteiger partial charge >= 0.3 is 0 Å². The number of pyridine rings is 1. The van der Waals surface area contributed by atoms with Crippen LogP contribution >= 0.6 is 12.2 Å². The van der Waals surface area contributed by atoms with E-state index in [1.54, 1.807) is 12.4 Å². The van der Waals surface area contributed by atoms with Crippen LogP contribution in [0.2, 0.25) is 0 Å². The van der Waals surface area contributed by atoms with Crippen LogP contribution < -0.4 is 0 Å². The Morgan fingerprint density at radius 3 is 2.64 bits per heavy atom. The van der Waals surface area contributed by atoms with Gasteiger partial charge in [-0.3, -0.25) is 10.1 Å². The molecule has 0 atom stereocenters. The van der Waals surface area contributed by atoms with Crippen molar-refractivity contribution in [3.63, 3.8) is 0 Å². The monoisotopic (exact) mass is 203 g/mol. The van der Waals surface area contributed by atoms with E-state index in [1.165, 1.54) is 0 Å². The summed E-state index contributed by atoms with van der Waals surface area (Å²) < 4.78 is 0.629. The Morgan fingerprint density at radius 1 is 1.14 bits per heavy atom. The maximum atomic E-state index is 4.99. The molecule has 14 heavy (non-hydrogen) atoms. The second kappa shape index (κ2) is 3.67. The van der Waals surface area contributed by atoms with Gasteiger partial charge in [0.1, 0.15) is 4.64 Å². The smallest absolute Gasteiger partial charge is 0.120 e. The largest absolute Gasteiger partial charge is 0.268 e. The third-order valence-electron chi connectivity index (χ3n) is 1.87. The van der Waals surface area contributed by atoms with Gasteiger partial charge in [-0.1, -0.05) is 12.2 Å². The SMILES string of the molecule is Cc1cncc(-c2cn[nH]c(=S)c2)c1. The third kappa shape index (κ3) is 1.85. The molecule has 0 spiro atoms. The number of hydrogen-bond donors (Lipinski definition) is 1. The van der Waals surface area contributed by atoms with Crippen molar-refractivity contribution < 1.29 is 0 Å². The van der Waals surface area contributed by atoms with Gasteiger partial charge in [-0.05, 0) is 24.6 Å². The van der Waals surface area contributed by atoms with Crippen LogP contribution in [0, 0.1) is 11.6 Å². The number of aromatic nitrogens is 3. The first kappa shape index (κ1) is 9.02. The van der Waals surface area contributed by atoms with Gasteiger partial charge < -0.3 is 0 Å². The van der Waals surface area contributed by atoms with Crippen LogP contribution in [0.3, 0.4) is 0 Å². The summed E-state index contributed by atoms with van der Waals surface area (Å²) in [6.07, 6.45) is 5.37. The second-order valence-corrected chi connectivity index (χ2v) is 3.52. The predicted molar refractivity (Wildman–Crippen MR) is 57.4 cm³/mol. The highest BCUT2D eigenvalue weighted by atomic mass is 32.1. The Hall–Kier alpha value is -1.55. The molecule has 0 fully saturated rings. The molecule has 0 aliphatic heterocycles. The van der Waals surface area contributed by atoms with E-state index in [-0.39, 0.29) is 0 Å². The van der Waals surface area contributed by atoms with Crippen molar-refractivity contribution in [1.29, 1.82) is 0 Å². The highest BCUT2D eigenvalue weighted by molar-refractivity contribution is 7.71. The molecule has 0 unspecified atom stereocenters. The Kier molecular flexibility index (Phi) is 2.37. The van der Waals surface area contributed by atoms with Gasteiger partial charge in [0.15, 0.2) is 0 Å².